The van der Waals surface area contributed by atoms with Crippen LogP contribution in [-0.4, -0.2) is 28.8 Å². The summed E-state index contributed by atoms with van der Waals surface area (Å²) in [7, 11) is 1.31. The molecule has 1 amide bonds. The number of carbonyl (C=O) groups excluding carboxylic acids is 2. The van der Waals surface area contributed by atoms with Gasteiger partial charge < -0.3 is 10.1 Å². The molecule has 0 fully saturated rings. The van der Waals surface area contributed by atoms with E-state index in [4.69, 9.17) is 4.74 Å². The van der Waals surface area contributed by atoms with Crippen molar-refractivity contribution in [3.8, 4) is 0 Å². The number of carbonyl (C=O) groups is 2. The first-order chi connectivity index (χ1) is 13.8. The van der Waals surface area contributed by atoms with Crippen LogP contribution in [0.5, 0.6) is 0 Å². The SMILES string of the molecule is COC(=O)c1cccc(C(=O)Nc2ccnn2Cc2ccc(C(C)(C)C)cc2)c1. The van der Waals surface area contributed by atoms with Crippen molar-refractivity contribution >= 4 is 17.7 Å². The molecule has 6 heteroatoms. The van der Waals surface area contributed by atoms with E-state index < -0.39 is 5.97 Å². The van der Waals surface area contributed by atoms with Crippen molar-refractivity contribution in [1.82, 2.24) is 9.78 Å². The summed E-state index contributed by atoms with van der Waals surface area (Å²) in [5.41, 5.74) is 3.15. The average Bonchev–Trinajstić information content (AvgIpc) is 3.13. The second-order valence-corrected chi connectivity index (χ2v) is 7.85. The lowest BCUT2D eigenvalue weighted by molar-refractivity contribution is 0.0600. The minimum atomic E-state index is -0.483. The minimum absolute atomic E-state index is 0.0993. The fourth-order valence-corrected chi connectivity index (χ4v) is 2.94. The van der Waals surface area contributed by atoms with Gasteiger partial charge in [-0.05, 0) is 34.7 Å². The Morgan fingerprint density at radius 2 is 1.72 bits per heavy atom. The number of aromatic nitrogens is 2. The predicted molar refractivity (Wildman–Crippen MR) is 112 cm³/mol. The Bertz CT molecular complexity index is 1010. The highest BCUT2D eigenvalue weighted by Gasteiger charge is 2.15. The normalized spacial score (nSPS) is 11.2. The van der Waals surface area contributed by atoms with E-state index in [0.29, 0.717) is 23.5 Å². The summed E-state index contributed by atoms with van der Waals surface area (Å²) < 4.78 is 6.44. The Morgan fingerprint density at radius 3 is 2.38 bits per heavy atom. The van der Waals surface area contributed by atoms with E-state index >= 15 is 0 Å². The van der Waals surface area contributed by atoms with Crippen LogP contribution in [0.15, 0.2) is 60.8 Å². The molecule has 2 aromatic carbocycles. The topological polar surface area (TPSA) is 73.2 Å². The quantitative estimate of drug-likeness (QED) is 0.659. The molecule has 29 heavy (non-hydrogen) atoms. The van der Waals surface area contributed by atoms with Gasteiger partial charge in [0.05, 0.1) is 25.4 Å². The Balaban J connectivity index is 1.74. The Hall–Kier alpha value is -3.41. The molecule has 0 aliphatic carbocycles. The van der Waals surface area contributed by atoms with E-state index in [1.165, 1.54) is 18.7 Å². The highest BCUT2D eigenvalue weighted by molar-refractivity contribution is 6.05. The zero-order valence-corrected chi connectivity index (χ0v) is 17.1. The number of methoxy groups -OCH3 is 1. The number of esters is 1. The Labute approximate surface area is 170 Å². The number of benzene rings is 2. The number of anilines is 1. The van der Waals surface area contributed by atoms with Gasteiger partial charge in [-0.25, -0.2) is 9.48 Å². The largest absolute Gasteiger partial charge is 0.465 e. The first-order valence-corrected chi connectivity index (χ1v) is 9.39. The summed E-state index contributed by atoms with van der Waals surface area (Å²) in [5.74, 6) is -0.220. The number of amides is 1. The molecule has 150 valence electrons. The van der Waals surface area contributed by atoms with E-state index in [2.05, 4.69) is 55.5 Å². The molecule has 0 saturated heterocycles. The molecule has 0 saturated carbocycles. The second kappa shape index (κ2) is 8.31. The summed E-state index contributed by atoms with van der Waals surface area (Å²) in [6.07, 6.45) is 1.64. The predicted octanol–water partition coefficient (Wildman–Crippen LogP) is 4.27. The first-order valence-electron chi connectivity index (χ1n) is 9.39. The van der Waals surface area contributed by atoms with Crippen LogP contribution in [0.2, 0.25) is 0 Å². The van der Waals surface area contributed by atoms with Gasteiger partial charge in [-0.2, -0.15) is 5.10 Å². The molecular weight excluding hydrogens is 366 g/mol. The lowest BCUT2D eigenvalue weighted by Gasteiger charge is -2.19. The maximum Gasteiger partial charge on any atom is 0.337 e. The Kier molecular flexibility index (Phi) is 5.82. The number of ether oxygens (including phenoxy) is 1. The van der Waals surface area contributed by atoms with Crippen LogP contribution in [0.25, 0.3) is 0 Å². The van der Waals surface area contributed by atoms with Crippen LogP contribution in [0.4, 0.5) is 5.82 Å². The lowest BCUT2D eigenvalue weighted by Crippen LogP contribution is -2.17. The fraction of sp³-hybridized carbons (Fsp3) is 0.261. The van der Waals surface area contributed by atoms with Gasteiger partial charge in [0.15, 0.2) is 0 Å². The fourth-order valence-electron chi connectivity index (χ4n) is 2.94. The van der Waals surface area contributed by atoms with E-state index in [1.807, 2.05) is 0 Å². The van der Waals surface area contributed by atoms with Crippen LogP contribution in [0, 0.1) is 0 Å². The highest BCUT2D eigenvalue weighted by atomic mass is 16.5. The maximum absolute atomic E-state index is 12.6. The van der Waals surface area contributed by atoms with Crippen LogP contribution in [0.1, 0.15) is 52.6 Å². The molecule has 0 aliphatic heterocycles. The van der Waals surface area contributed by atoms with Gasteiger partial charge in [-0.3, -0.25) is 4.79 Å². The standard InChI is InChI=1S/C23H25N3O3/c1-23(2,3)19-10-8-16(9-11-19)15-26-20(12-13-24-26)25-21(27)17-6-5-7-18(14-17)22(28)29-4/h5-14H,15H2,1-4H3,(H,25,27). The molecule has 1 N–H and O–H groups in total. The molecule has 0 bridgehead atoms. The van der Waals surface area contributed by atoms with Gasteiger partial charge in [0, 0.05) is 11.6 Å². The van der Waals surface area contributed by atoms with Gasteiger partial charge in [0.1, 0.15) is 5.82 Å². The van der Waals surface area contributed by atoms with E-state index in [0.717, 1.165) is 5.56 Å². The molecule has 1 aromatic heterocycles. The third-order valence-electron chi connectivity index (χ3n) is 4.66. The molecular formula is C23H25N3O3. The number of hydrogen-bond donors (Lipinski definition) is 1. The smallest absolute Gasteiger partial charge is 0.337 e. The van der Waals surface area contributed by atoms with Crippen molar-refractivity contribution in [3.63, 3.8) is 0 Å². The summed E-state index contributed by atoms with van der Waals surface area (Å²) >= 11 is 0. The van der Waals surface area contributed by atoms with E-state index in [9.17, 15) is 9.59 Å². The van der Waals surface area contributed by atoms with Crippen molar-refractivity contribution in [2.45, 2.75) is 32.7 Å². The zero-order valence-electron chi connectivity index (χ0n) is 17.1. The number of nitrogens with zero attached hydrogens (tertiary/aromatic N) is 2. The van der Waals surface area contributed by atoms with Gasteiger partial charge in [0.2, 0.25) is 0 Å². The van der Waals surface area contributed by atoms with Crippen molar-refractivity contribution in [3.05, 3.63) is 83.0 Å². The minimum Gasteiger partial charge on any atom is -0.465 e. The van der Waals surface area contributed by atoms with Crippen molar-refractivity contribution in [2.24, 2.45) is 0 Å². The molecule has 3 aromatic rings. The molecule has 1 heterocycles. The monoisotopic (exact) mass is 391 g/mol. The molecule has 0 radical (unpaired) electrons. The van der Waals surface area contributed by atoms with Gasteiger partial charge in [-0.1, -0.05) is 51.1 Å². The summed E-state index contributed by atoms with van der Waals surface area (Å²) in [4.78, 5) is 24.3. The number of hydrogen-bond acceptors (Lipinski definition) is 4. The lowest BCUT2D eigenvalue weighted by atomic mass is 9.87. The van der Waals surface area contributed by atoms with Gasteiger partial charge in [-0.15, -0.1) is 0 Å². The Morgan fingerprint density at radius 1 is 1.03 bits per heavy atom. The summed E-state index contributed by atoms with van der Waals surface area (Å²) in [6.45, 7) is 7.07. The number of rotatable bonds is 5. The van der Waals surface area contributed by atoms with E-state index in [1.54, 1.807) is 35.1 Å². The van der Waals surface area contributed by atoms with Crippen molar-refractivity contribution in [2.75, 3.05) is 12.4 Å². The van der Waals surface area contributed by atoms with Crippen LogP contribution < -0.4 is 5.32 Å². The highest BCUT2D eigenvalue weighted by Crippen LogP contribution is 2.22. The van der Waals surface area contributed by atoms with E-state index in [-0.39, 0.29) is 11.3 Å². The molecule has 0 spiro atoms. The van der Waals surface area contributed by atoms with Gasteiger partial charge >= 0.3 is 5.97 Å². The van der Waals surface area contributed by atoms with Crippen LogP contribution in [-0.2, 0) is 16.7 Å². The number of nitrogens with one attached hydrogen (secondary N) is 1. The average molecular weight is 391 g/mol. The third kappa shape index (κ3) is 4.90. The molecule has 0 atom stereocenters. The maximum atomic E-state index is 12.6. The zero-order chi connectivity index (χ0) is 21.0. The molecule has 0 aliphatic rings. The van der Waals surface area contributed by atoms with Crippen LogP contribution in [0.3, 0.4) is 0 Å². The molecule has 0 unspecified atom stereocenters. The van der Waals surface area contributed by atoms with Crippen LogP contribution >= 0.6 is 0 Å². The summed E-state index contributed by atoms with van der Waals surface area (Å²) in [5, 5.41) is 7.17. The van der Waals surface area contributed by atoms with Gasteiger partial charge in [0.25, 0.3) is 5.91 Å². The molecule has 3 rings (SSSR count). The van der Waals surface area contributed by atoms with Crippen molar-refractivity contribution in [1.29, 1.82) is 0 Å². The summed E-state index contributed by atoms with van der Waals surface area (Å²) in [6, 6.07) is 16.5. The third-order valence-corrected chi connectivity index (χ3v) is 4.66. The first kappa shape index (κ1) is 20.3. The second-order valence-electron chi connectivity index (χ2n) is 7.85. The molecule has 6 nitrogen and oxygen atoms in total. The van der Waals surface area contributed by atoms with Crippen molar-refractivity contribution < 1.29 is 14.3 Å².